The molecule has 2 amide bonds. The van der Waals surface area contributed by atoms with Crippen molar-refractivity contribution in [2.24, 2.45) is 17.3 Å². The van der Waals surface area contributed by atoms with Gasteiger partial charge in [-0.1, -0.05) is 39.8 Å². The van der Waals surface area contributed by atoms with Crippen LogP contribution in [-0.4, -0.2) is 81.3 Å². The van der Waals surface area contributed by atoms with Crippen LogP contribution in [0.3, 0.4) is 0 Å². The zero-order valence-corrected chi connectivity index (χ0v) is 24.4. The van der Waals surface area contributed by atoms with Crippen LogP contribution >= 0.6 is 0 Å². The third kappa shape index (κ3) is 5.06. The van der Waals surface area contributed by atoms with Crippen molar-refractivity contribution in [2.45, 2.75) is 109 Å². The van der Waals surface area contributed by atoms with Crippen LogP contribution < -0.4 is 0 Å². The minimum Gasteiger partial charge on any atom is -0.465 e. The molecule has 214 valence electrons. The third-order valence-corrected chi connectivity index (χ3v) is 8.62. The Morgan fingerprint density at radius 2 is 1.89 bits per heavy atom. The number of esters is 1. The number of hydrogen-bond acceptors (Lipinski definition) is 6. The molecular weight excluding hydrogens is 484 g/mol. The lowest BCUT2D eigenvalue weighted by Crippen LogP contribution is -2.62. The molecule has 3 aliphatic rings. The fraction of sp³-hybridized carbons (Fsp3) is 0.767. The number of carbonyl (C=O) groups excluding carboxylic acids is 3. The lowest BCUT2D eigenvalue weighted by molar-refractivity contribution is -0.163. The van der Waals surface area contributed by atoms with E-state index in [1.165, 1.54) is 4.90 Å². The third-order valence-electron chi connectivity index (χ3n) is 8.62. The molecule has 0 aromatic carbocycles. The molecule has 3 rings (SSSR count). The summed E-state index contributed by atoms with van der Waals surface area (Å²) in [5, 5.41) is 10.3. The Morgan fingerprint density at radius 1 is 1.24 bits per heavy atom. The average Bonchev–Trinajstić information content (AvgIpc) is 3.37. The molecule has 0 saturated carbocycles. The highest BCUT2D eigenvalue weighted by Crippen LogP contribution is 2.64. The lowest BCUT2D eigenvalue weighted by Gasteiger charge is -2.46. The van der Waals surface area contributed by atoms with Gasteiger partial charge in [0, 0.05) is 12.1 Å². The van der Waals surface area contributed by atoms with Gasteiger partial charge in [-0.3, -0.25) is 14.4 Å². The molecule has 0 aromatic heterocycles. The van der Waals surface area contributed by atoms with Crippen LogP contribution in [0, 0.1) is 17.3 Å². The number of aliphatic hydroxyl groups is 1. The number of rotatable bonds is 12. The number of fused-ring (bicyclic) bond motifs is 1. The van der Waals surface area contributed by atoms with Crippen LogP contribution in [0.5, 0.6) is 0 Å². The number of ether oxygens (including phenoxy) is 2. The van der Waals surface area contributed by atoms with Crippen molar-refractivity contribution >= 4 is 17.8 Å². The van der Waals surface area contributed by atoms with E-state index in [-0.39, 0.29) is 30.4 Å². The molecule has 0 aromatic rings. The van der Waals surface area contributed by atoms with Gasteiger partial charge in [-0.2, -0.15) is 0 Å². The first-order chi connectivity index (χ1) is 17.6. The van der Waals surface area contributed by atoms with Crippen LogP contribution in [0.1, 0.15) is 80.6 Å². The predicted octanol–water partition coefficient (Wildman–Crippen LogP) is 3.87. The smallest absolute Gasteiger partial charge is 0.312 e. The van der Waals surface area contributed by atoms with Gasteiger partial charge >= 0.3 is 5.97 Å². The van der Waals surface area contributed by atoms with Gasteiger partial charge in [0.05, 0.1) is 30.8 Å². The number of aliphatic hydroxyl groups excluding tert-OH is 1. The first kappa shape index (κ1) is 30.4. The summed E-state index contributed by atoms with van der Waals surface area (Å²) < 4.78 is 12.2. The van der Waals surface area contributed by atoms with E-state index in [0.29, 0.717) is 32.2 Å². The SMILES string of the molecule is C=CCCOC(=O)[C@@H]1[C@H]2C(=O)N([C@@H](CC)CO)C(C(=O)N(CC=C)C(C)(C)CC(C)(C)C)C23CC[C@@]1(C)O3. The second-order valence-electron chi connectivity index (χ2n) is 13.2. The van der Waals surface area contributed by atoms with E-state index in [1.807, 2.05) is 27.7 Å². The molecule has 3 fully saturated rings. The molecule has 8 heteroatoms. The Bertz CT molecular complexity index is 951. The van der Waals surface area contributed by atoms with Crippen molar-refractivity contribution in [3.63, 3.8) is 0 Å². The summed E-state index contributed by atoms with van der Waals surface area (Å²) in [4.78, 5) is 45.6. The highest BCUT2D eigenvalue weighted by molar-refractivity contribution is 5.99. The minimum absolute atomic E-state index is 0.0532. The van der Waals surface area contributed by atoms with Gasteiger partial charge in [0.2, 0.25) is 11.8 Å². The average molecular weight is 533 g/mol. The van der Waals surface area contributed by atoms with Gasteiger partial charge in [-0.05, 0) is 58.3 Å². The number of carbonyl (C=O) groups is 3. The molecule has 8 nitrogen and oxygen atoms in total. The Labute approximate surface area is 228 Å². The molecule has 0 aliphatic carbocycles. The van der Waals surface area contributed by atoms with Gasteiger partial charge in [0.1, 0.15) is 17.6 Å². The summed E-state index contributed by atoms with van der Waals surface area (Å²) in [6, 6.07) is -1.52. The molecule has 3 saturated heterocycles. The van der Waals surface area contributed by atoms with Crippen LogP contribution in [0.2, 0.25) is 0 Å². The van der Waals surface area contributed by atoms with E-state index in [0.717, 1.165) is 6.42 Å². The van der Waals surface area contributed by atoms with Crippen molar-refractivity contribution in [2.75, 3.05) is 19.8 Å². The second-order valence-corrected chi connectivity index (χ2v) is 13.2. The maximum atomic E-state index is 14.7. The highest BCUT2D eigenvalue weighted by atomic mass is 16.6. The van der Waals surface area contributed by atoms with Crippen molar-refractivity contribution in [1.82, 2.24) is 9.80 Å². The summed E-state index contributed by atoms with van der Waals surface area (Å²) in [5.74, 6) is -2.68. The lowest BCUT2D eigenvalue weighted by atomic mass is 9.66. The first-order valence-electron chi connectivity index (χ1n) is 14.0. The van der Waals surface area contributed by atoms with E-state index in [9.17, 15) is 19.5 Å². The quantitative estimate of drug-likeness (QED) is 0.233. The van der Waals surface area contributed by atoms with E-state index in [2.05, 4.69) is 33.9 Å². The fourth-order valence-electron chi connectivity index (χ4n) is 7.45. The monoisotopic (exact) mass is 532 g/mol. The highest BCUT2D eigenvalue weighted by Gasteiger charge is 2.79. The maximum absolute atomic E-state index is 14.7. The molecule has 0 radical (unpaired) electrons. The van der Waals surface area contributed by atoms with Crippen LogP contribution in [0.4, 0.5) is 0 Å². The molecule has 1 spiro atoms. The Kier molecular flexibility index (Phi) is 8.60. The largest absolute Gasteiger partial charge is 0.465 e. The van der Waals surface area contributed by atoms with Crippen molar-refractivity contribution in [1.29, 1.82) is 0 Å². The topological polar surface area (TPSA) is 96.4 Å². The minimum atomic E-state index is -1.16. The summed E-state index contributed by atoms with van der Waals surface area (Å²) in [6.07, 6.45) is 6.10. The first-order valence-corrected chi connectivity index (χ1v) is 14.0. The van der Waals surface area contributed by atoms with E-state index in [4.69, 9.17) is 9.47 Å². The van der Waals surface area contributed by atoms with Gasteiger partial charge in [-0.25, -0.2) is 0 Å². The molecule has 3 aliphatic heterocycles. The zero-order valence-electron chi connectivity index (χ0n) is 24.4. The van der Waals surface area contributed by atoms with Crippen LogP contribution in [0.15, 0.2) is 25.3 Å². The normalized spacial score (nSPS) is 31.2. The standard InChI is InChI=1S/C30H48N2O6/c1-10-13-17-37-26(36)22-21-24(34)32(20(12-3)18-33)23(30(21)15-14-29(22,9)38-30)25(35)31(16-11-2)28(7,8)19-27(4,5)6/h10-11,20-23,33H,1-2,12-19H2,3-9H3/t20-,21-,22-,23?,29+,30?/m0/s1. The molecule has 6 atom stereocenters. The number of nitrogens with zero attached hydrogens (tertiary/aromatic N) is 2. The Balaban J connectivity index is 2.12. The van der Waals surface area contributed by atoms with Gasteiger partial charge in [0.15, 0.2) is 0 Å². The van der Waals surface area contributed by atoms with Gasteiger partial charge < -0.3 is 24.4 Å². The van der Waals surface area contributed by atoms with E-state index < -0.39 is 46.6 Å². The number of likely N-dealkylation sites (tertiary alicyclic amines) is 1. The van der Waals surface area contributed by atoms with E-state index in [1.54, 1.807) is 17.1 Å². The van der Waals surface area contributed by atoms with Gasteiger partial charge in [0.25, 0.3) is 0 Å². The number of hydrogen-bond donors (Lipinski definition) is 1. The Hall–Kier alpha value is -2.19. The van der Waals surface area contributed by atoms with Crippen molar-refractivity contribution in [3.05, 3.63) is 25.3 Å². The zero-order chi connectivity index (χ0) is 28.7. The fourth-order valence-corrected chi connectivity index (χ4v) is 7.45. The summed E-state index contributed by atoms with van der Waals surface area (Å²) in [5.41, 5.74) is -2.66. The molecule has 2 unspecified atom stereocenters. The van der Waals surface area contributed by atoms with Crippen LogP contribution in [0.25, 0.3) is 0 Å². The predicted molar refractivity (Wildman–Crippen MR) is 146 cm³/mol. The number of amides is 2. The summed E-state index contributed by atoms with van der Waals surface area (Å²) in [6.45, 7) is 22.0. The molecular formula is C30H48N2O6. The maximum Gasteiger partial charge on any atom is 0.312 e. The van der Waals surface area contributed by atoms with E-state index >= 15 is 0 Å². The van der Waals surface area contributed by atoms with Gasteiger partial charge in [-0.15, -0.1) is 13.2 Å². The van der Waals surface area contributed by atoms with Crippen molar-refractivity contribution in [3.8, 4) is 0 Å². The van der Waals surface area contributed by atoms with Crippen molar-refractivity contribution < 1.29 is 29.0 Å². The second kappa shape index (κ2) is 10.8. The summed E-state index contributed by atoms with van der Waals surface area (Å²) >= 11 is 0. The molecule has 3 heterocycles. The molecule has 1 N–H and O–H groups in total. The molecule has 2 bridgehead atoms. The summed E-state index contributed by atoms with van der Waals surface area (Å²) in [7, 11) is 0. The molecule has 38 heavy (non-hydrogen) atoms. The Morgan fingerprint density at radius 3 is 2.42 bits per heavy atom. The van der Waals surface area contributed by atoms with Crippen LogP contribution in [-0.2, 0) is 23.9 Å².